The lowest BCUT2D eigenvalue weighted by atomic mass is 10.0. The summed E-state index contributed by atoms with van der Waals surface area (Å²) in [6, 6.07) is 5.01. The van der Waals surface area contributed by atoms with Gasteiger partial charge in [0, 0.05) is 40.4 Å². The molecule has 0 radical (unpaired) electrons. The van der Waals surface area contributed by atoms with Gasteiger partial charge in [0.15, 0.2) is 5.65 Å². The van der Waals surface area contributed by atoms with Crippen molar-refractivity contribution >= 4 is 51.5 Å². The van der Waals surface area contributed by atoms with Crippen LogP contribution in [-0.2, 0) is 9.53 Å². The lowest BCUT2D eigenvalue weighted by Gasteiger charge is -2.21. The summed E-state index contributed by atoms with van der Waals surface area (Å²) in [7, 11) is 3.04. The van der Waals surface area contributed by atoms with E-state index in [9.17, 15) is 4.79 Å². The van der Waals surface area contributed by atoms with Gasteiger partial charge in [0.05, 0.1) is 55.1 Å². The number of carbonyl (C=O) groups is 1. The molecule has 0 saturated carbocycles. The SMILES string of the molecule is C=C(C)C(=O)N[C@@H]1COC[C@@H]1Nc1cc2c(cn1)cc(-c1c(Cl)c(OC)cc(OC)c1Cl)c1ncnn12. The Balaban J connectivity index is 1.56. The highest BCUT2D eigenvalue weighted by atomic mass is 35.5. The van der Waals surface area contributed by atoms with E-state index in [0.29, 0.717) is 62.9 Å². The topological polar surface area (TPSA) is 112 Å². The van der Waals surface area contributed by atoms with Gasteiger partial charge in [-0.1, -0.05) is 29.8 Å². The predicted octanol–water partition coefficient (Wildman–Crippen LogP) is 4.14. The number of benzene rings is 1. The van der Waals surface area contributed by atoms with Crippen LogP contribution in [0, 0.1) is 0 Å². The van der Waals surface area contributed by atoms with Gasteiger partial charge in [-0.25, -0.2) is 14.5 Å². The molecule has 0 unspecified atom stereocenters. The van der Waals surface area contributed by atoms with Crippen molar-refractivity contribution in [2.45, 2.75) is 19.0 Å². The molecule has 1 aliphatic rings. The Kier molecular flexibility index (Phi) is 6.80. The molecule has 4 aromatic rings. The fourth-order valence-electron chi connectivity index (χ4n) is 4.28. The Morgan fingerprint density at radius 2 is 1.81 bits per heavy atom. The number of methoxy groups -OCH3 is 2. The molecule has 2 atom stereocenters. The third-order valence-corrected chi connectivity index (χ3v) is 6.94. The Bertz CT molecular complexity index is 1510. The lowest BCUT2D eigenvalue weighted by molar-refractivity contribution is -0.118. The number of fused-ring (bicyclic) bond motifs is 3. The van der Waals surface area contributed by atoms with Gasteiger partial charge in [-0.05, 0) is 13.0 Å². The van der Waals surface area contributed by atoms with Crippen LogP contribution < -0.4 is 20.1 Å². The first kappa shape index (κ1) is 25.1. The van der Waals surface area contributed by atoms with Crippen molar-refractivity contribution in [1.29, 1.82) is 0 Å². The first-order chi connectivity index (χ1) is 17.8. The summed E-state index contributed by atoms with van der Waals surface area (Å²) >= 11 is 13.4. The van der Waals surface area contributed by atoms with Crippen LogP contribution >= 0.6 is 23.2 Å². The second kappa shape index (κ2) is 10.0. The van der Waals surface area contributed by atoms with Crippen molar-refractivity contribution in [2.24, 2.45) is 0 Å². The van der Waals surface area contributed by atoms with Gasteiger partial charge in [-0.15, -0.1) is 0 Å². The van der Waals surface area contributed by atoms with E-state index in [2.05, 4.69) is 32.3 Å². The molecule has 0 bridgehead atoms. The van der Waals surface area contributed by atoms with Gasteiger partial charge < -0.3 is 24.8 Å². The van der Waals surface area contributed by atoms with Crippen molar-refractivity contribution in [3.05, 3.63) is 52.9 Å². The maximum atomic E-state index is 12.1. The predicted molar refractivity (Wildman–Crippen MR) is 142 cm³/mol. The van der Waals surface area contributed by atoms with E-state index in [1.54, 1.807) is 23.7 Å². The summed E-state index contributed by atoms with van der Waals surface area (Å²) in [6.07, 6.45) is 3.18. The average molecular weight is 543 g/mol. The molecule has 1 aliphatic heterocycles. The van der Waals surface area contributed by atoms with Gasteiger partial charge in [0.25, 0.3) is 0 Å². The van der Waals surface area contributed by atoms with Gasteiger partial charge >= 0.3 is 0 Å². The molecular weight excluding hydrogens is 519 g/mol. The summed E-state index contributed by atoms with van der Waals surface area (Å²) < 4.78 is 18.2. The molecule has 1 saturated heterocycles. The van der Waals surface area contributed by atoms with Gasteiger partial charge in [0.2, 0.25) is 5.91 Å². The number of ether oxygens (including phenoxy) is 3. The largest absolute Gasteiger partial charge is 0.495 e. The van der Waals surface area contributed by atoms with Gasteiger partial charge in [0.1, 0.15) is 23.6 Å². The molecule has 3 aromatic heterocycles. The third-order valence-electron chi connectivity index (χ3n) is 6.19. The number of rotatable bonds is 7. The minimum absolute atomic E-state index is 0.166. The Hall–Kier alpha value is -3.60. The lowest BCUT2D eigenvalue weighted by Crippen LogP contribution is -2.46. The number of amides is 1. The van der Waals surface area contributed by atoms with E-state index in [0.717, 1.165) is 10.9 Å². The smallest absolute Gasteiger partial charge is 0.246 e. The number of pyridine rings is 2. The molecule has 5 rings (SSSR count). The van der Waals surface area contributed by atoms with Crippen LogP contribution in [0.15, 0.2) is 42.9 Å². The number of nitrogens with zero attached hydrogens (tertiary/aromatic N) is 4. The van der Waals surface area contributed by atoms with Crippen LogP contribution in [0.3, 0.4) is 0 Å². The number of aromatic nitrogens is 4. The Morgan fingerprint density at radius 3 is 2.49 bits per heavy atom. The summed E-state index contributed by atoms with van der Waals surface area (Å²) in [4.78, 5) is 21.2. The monoisotopic (exact) mass is 542 g/mol. The Morgan fingerprint density at radius 1 is 1.11 bits per heavy atom. The maximum absolute atomic E-state index is 12.1. The van der Waals surface area contributed by atoms with Crippen molar-refractivity contribution in [3.63, 3.8) is 0 Å². The highest BCUT2D eigenvalue weighted by Crippen LogP contribution is 2.47. The number of nitrogens with one attached hydrogen (secondary N) is 2. The molecule has 12 heteroatoms. The maximum Gasteiger partial charge on any atom is 0.246 e. The van der Waals surface area contributed by atoms with Crippen LogP contribution in [0.2, 0.25) is 10.0 Å². The zero-order chi connectivity index (χ0) is 26.3. The van der Waals surface area contributed by atoms with Crippen LogP contribution in [0.1, 0.15) is 6.92 Å². The fourth-order valence-corrected chi connectivity index (χ4v) is 4.98. The van der Waals surface area contributed by atoms with Gasteiger partial charge in [-0.3, -0.25) is 4.79 Å². The number of halogens is 2. The first-order valence-electron chi connectivity index (χ1n) is 11.4. The summed E-state index contributed by atoms with van der Waals surface area (Å²) in [5, 5.41) is 12.2. The van der Waals surface area contributed by atoms with E-state index in [1.807, 2.05) is 12.1 Å². The highest BCUT2D eigenvalue weighted by Gasteiger charge is 2.30. The van der Waals surface area contributed by atoms with Crippen molar-refractivity contribution < 1.29 is 19.0 Å². The highest BCUT2D eigenvalue weighted by molar-refractivity contribution is 6.41. The van der Waals surface area contributed by atoms with Crippen LogP contribution in [-0.4, -0.2) is 65.0 Å². The molecule has 1 fully saturated rings. The number of hydrogen-bond acceptors (Lipinski definition) is 8. The van der Waals surface area contributed by atoms with E-state index < -0.39 is 0 Å². The third kappa shape index (κ3) is 4.52. The second-order valence-electron chi connectivity index (χ2n) is 8.61. The molecule has 0 aliphatic carbocycles. The van der Waals surface area contributed by atoms with E-state index >= 15 is 0 Å². The molecule has 192 valence electrons. The van der Waals surface area contributed by atoms with E-state index in [1.165, 1.54) is 20.5 Å². The molecule has 2 N–H and O–H groups in total. The minimum atomic E-state index is -0.220. The van der Waals surface area contributed by atoms with Crippen LogP contribution in [0.4, 0.5) is 5.82 Å². The van der Waals surface area contributed by atoms with Crippen molar-refractivity contribution in [3.8, 4) is 22.6 Å². The minimum Gasteiger partial charge on any atom is -0.495 e. The quantitative estimate of drug-likeness (QED) is 0.335. The molecule has 1 aromatic carbocycles. The van der Waals surface area contributed by atoms with E-state index in [4.69, 9.17) is 37.4 Å². The fraction of sp³-hybridized carbons (Fsp3) is 0.280. The normalized spacial score (nSPS) is 17.2. The number of hydrogen-bond donors (Lipinski definition) is 2. The molecular formula is C25H24Cl2N6O4. The number of anilines is 1. The second-order valence-corrected chi connectivity index (χ2v) is 9.37. The Labute approximate surface area is 222 Å². The molecule has 10 nitrogen and oxygen atoms in total. The standard InChI is InChI=1S/C25H24Cl2N6O4/c1-12(2)25(34)32-16-10-37-9-15(16)31-20-6-17-13(8-28-20)5-14(24-29-11-30-33(17)24)21-22(26)18(35-3)7-19(36-4)23(21)27/h5-8,11,15-16H,1,9-10H2,2-4H3,(H,28,31)(H,32,34)/t15-,16+/m0/s1. The van der Waals surface area contributed by atoms with Gasteiger partial charge in [-0.2, -0.15) is 5.10 Å². The van der Waals surface area contributed by atoms with Crippen molar-refractivity contribution in [1.82, 2.24) is 24.9 Å². The zero-order valence-corrected chi connectivity index (χ0v) is 21.9. The van der Waals surface area contributed by atoms with Crippen LogP contribution in [0.25, 0.3) is 27.7 Å². The summed E-state index contributed by atoms with van der Waals surface area (Å²) in [5.41, 5.74) is 2.90. The molecule has 0 spiro atoms. The molecule has 1 amide bonds. The van der Waals surface area contributed by atoms with E-state index in [-0.39, 0.29) is 18.0 Å². The zero-order valence-electron chi connectivity index (χ0n) is 20.3. The first-order valence-corrected chi connectivity index (χ1v) is 12.1. The number of carbonyl (C=O) groups excluding carboxylic acids is 1. The molecule has 37 heavy (non-hydrogen) atoms. The van der Waals surface area contributed by atoms with Crippen molar-refractivity contribution in [2.75, 3.05) is 32.8 Å². The summed E-state index contributed by atoms with van der Waals surface area (Å²) in [6.45, 7) is 6.18. The average Bonchev–Trinajstić information content (AvgIpc) is 3.54. The molecule has 4 heterocycles. The van der Waals surface area contributed by atoms with Crippen LogP contribution in [0.5, 0.6) is 11.5 Å². The summed E-state index contributed by atoms with van der Waals surface area (Å²) in [5.74, 6) is 1.22.